The molecule has 0 bridgehead atoms. The zero-order valence-electron chi connectivity index (χ0n) is 11.0. The van der Waals surface area contributed by atoms with Crippen molar-refractivity contribution in [3.63, 3.8) is 0 Å². The van der Waals surface area contributed by atoms with Crippen LogP contribution in [0.4, 0.5) is 15.8 Å². The topological polar surface area (TPSA) is 50.9 Å². The fourth-order valence-electron chi connectivity index (χ4n) is 2.26. The van der Waals surface area contributed by atoms with E-state index in [1.165, 1.54) is 6.07 Å². The smallest absolute Gasteiger partial charge is 0.135 e. The zero-order chi connectivity index (χ0) is 14.8. The Labute approximate surface area is 126 Å². The van der Waals surface area contributed by atoms with E-state index in [1.54, 1.807) is 24.5 Å². The summed E-state index contributed by atoms with van der Waals surface area (Å²) in [6.07, 6.45) is 3.49. The number of pyridine rings is 1. The molecule has 0 saturated heterocycles. The molecule has 0 fully saturated rings. The fourth-order valence-corrected chi connectivity index (χ4v) is 2.46. The average Bonchev–Trinajstić information content (AvgIpc) is 2.47. The van der Waals surface area contributed by atoms with Crippen molar-refractivity contribution in [2.45, 2.75) is 0 Å². The van der Waals surface area contributed by atoms with E-state index in [9.17, 15) is 4.39 Å². The second-order valence-corrected chi connectivity index (χ2v) is 4.99. The van der Waals surface area contributed by atoms with Crippen LogP contribution in [-0.4, -0.2) is 9.97 Å². The monoisotopic (exact) mass is 297 g/mol. The van der Waals surface area contributed by atoms with Crippen molar-refractivity contribution in [2.75, 3.05) is 5.32 Å². The van der Waals surface area contributed by atoms with Gasteiger partial charge >= 0.3 is 0 Å². The number of halogens is 1. The Morgan fingerprint density at radius 3 is 2.67 bits per heavy atom. The van der Waals surface area contributed by atoms with Crippen LogP contribution in [0.2, 0.25) is 0 Å². The van der Waals surface area contributed by atoms with Crippen LogP contribution in [0.1, 0.15) is 5.56 Å². The molecule has 0 atom stereocenters. The van der Waals surface area contributed by atoms with Gasteiger partial charge in [-0.15, -0.1) is 0 Å². The molecule has 0 amide bonds. The maximum atomic E-state index is 13.9. The van der Waals surface area contributed by atoms with Crippen LogP contribution in [0.3, 0.4) is 0 Å². The van der Waals surface area contributed by atoms with Gasteiger partial charge in [0.05, 0.1) is 11.3 Å². The quantitative estimate of drug-likeness (QED) is 0.723. The highest BCUT2D eigenvalue weighted by Gasteiger charge is 2.12. The van der Waals surface area contributed by atoms with Crippen molar-refractivity contribution in [1.29, 1.82) is 0 Å². The summed E-state index contributed by atoms with van der Waals surface area (Å²) in [4.78, 5) is 4.12. The van der Waals surface area contributed by atoms with E-state index in [1.807, 2.05) is 24.3 Å². The first-order chi connectivity index (χ1) is 10.2. The molecule has 1 aromatic heterocycles. The summed E-state index contributed by atoms with van der Waals surface area (Å²) in [6, 6.07) is 12.4. The molecule has 1 heterocycles. The lowest BCUT2D eigenvalue weighted by atomic mass is 10.1. The molecule has 5 heteroatoms. The number of benzene rings is 2. The molecule has 0 spiro atoms. The molecule has 3 rings (SSSR count). The standard InChI is InChI=1S/C16H12FN3S/c17-12-4-2-6-14(15(12)16(18)21)20-13-5-1-3-10-9-19-8-7-11(10)13/h1-9,20H,(H2,18,21). The Kier molecular flexibility index (Phi) is 3.50. The van der Waals surface area contributed by atoms with Crippen molar-refractivity contribution in [3.05, 3.63) is 66.2 Å². The van der Waals surface area contributed by atoms with Gasteiger partial charge in [0.1, 0.15) is 10.8 Å². The number of hydrogen-bond donors (Lipinski definition) is 2. The number of nitrogens with two attached hydrogens (primary N) is 1. The van der Waals surface area contributed by atoms with Gasteiger partial charge in [-0.25, -0.2) is 4.39 Å². The van der Waals surface area contributed by atoms with Gasteiger partial charge in [-0.1, -0.05) is 30.4 Å². The van der Waals surface area contributed by atoms with Crippen molar-refractivity contribution in [1.82, 2.24) is 4.98 Å². The molecule has 2 aromatic carbocycles. The number of hydrogen-bond acceptors (Lipinski definition) is 3. The van der Waals surface area contributed by atoms with E-state index >= 15 is 0 Å². The fraction of sp³-hybridized carbons (Fsp3) is 0. The Bertz CT molecular complexity index is 827. The lowest BCUT2D eigenvalue weighted by Gasteiger charge is -2.13. The van der Waals surface area contributed by atoms with Crippen LogP contribution in [0.15, 0.2) is 54.9 Å². The van der Waals surface area contributed by atoms with Gasteiger partial charge in [-0.3, -0.25) is 4.98 Å². The summed E-state index contributed by atoms with van der Waals surface area (Å²) >= 11 is 4.94. The summed E-state index contributed by atoms with van der Waals surface area (Å²) in [7, 11) is 0. The highest BCUT2D eigenvalue weighted by atomic mass is 32.1. The Hall–Kier alpha value is -2.53. The third-order valence-corrected chi connectivity index (χ3v) is 3.41. The molecular formula is C16H12FN3S. The van der Waals surface area contributed by atoms with Crippen LogP contribution >= 0.6 is 12.2 Å². The first kappa shape index (κ1) is 13.5. The number of aromatic nitrogens is 1. The van der Waals surface area contributed by atoms with E-state index in [0.717, 1.165) is 16.5 Å². The lowest BCUT2D eigenvalue weighted by Crippen LogP contribution is -2.14. The Morgan fingerprint density at radius 2 is 1.86 bits per heavy atom. The number of nitrogens with one attached hydrogen (secondary N) is 1. The van der Waals surface area contributed by atoms with E-state index < -0.39 is 5.82 Å². The molecule has 104 valence electrons. The van der Waals surface area contributed by atoms with Crippen LogP contribution in [0, 0.1) is 5.82 Å². The molecule has 0 unspecified atom stereocenters. The Balaban J connectivity index is 2.12. The minimum atomic E-state index is -0.436. The first-order valence-corrected chi connectivity index (χ1v) is 6.76. The van der Waals surface area contributed by atoms with Gasteiger partial charge in [0.2, 0.25) is 0 Å². The predicted octanol–water partition coefficient (Wildman–Crippen LogP) is 3.75. The summed E-state index contributed by atoms with van der Waals surface area (Å²) in [5, 5.41) is 5.19. The van der Waals surface area contributed by atoms with Gasteiger partial charge in [-0.2, -0.15) is 0 Å². The number of anilines is 2. The molecular weight excluding hydrogens is 285 g/mol. The molecule has 0 radical (unpaired) electrons. The van der Waals surface area contributed by atoms with Gasteiger partial charge in [0.15, 0.2) is 0 Å². The van der Waals surface area contributed by atoms with Crippen LogP contribution in [0.5, 0.6) is 0 Å². The highest BCUT2D eigenvalue weighted by Crippen LogP contribution is 2.28. The molecule has 3 nitrogen and oxygen atoms in total. The van der Waals surface area contributed by atoms with E-state index in [0.29, 0.717) is 5.69 Å². The van der Waals surface area contributed by atoms with E-state index in [4.69, 9.17) is 18.0 Å². The molecule has 3 N–H and O–H groups in total. The number of thiocarbonyl (C=S) groups is 1. The maximum absolute atomic E-state index is 13.9. The van der Waals surface area contributed by atoms with E-state index in [2.05, 4.69) is 10.3 Å². The normalized spacial score (nSPS) is 10.5. The SMILES string of the molecule is NC(=S)c1c(F)cccc1Nc1cccc2cnccc12. The minimum absolute atomic E-state index is 0.0255. The largest absolute Gasteiger partial charge is 0.389 e. The van der Waals surface area contributed by atoms with Crippen molar-refractivity contribution in [3.8, 4) is 0 Å². The highest BCUT2D eigenvalue weighted by molar-refractivity contribution is 7.80. The molecule has 0 saturated carbocycles. The van der Waals surface area contributed by atoms with Crippen LogP contribution < -0.4 is 11.1 Å². The summed E-state index contributed by atoms with van der Waals surface area (Å²) in [5.74, 6) is -0.436. The van der Waals surface area contributed by atoms with Crippen LogP contribution in [0.25, 0.3) is 10.8 Å². The van der Waals surface area contributed by atoms with Crippen molar-refractivity contribution >= 4 is 39.4 Å². The predicted molar refractivity (Wildman–Crippen MR) is 87.3 cm³/mol. The molecule has 3 aromatic rings. The third-order valence-electron chi connectivity index (χ3n) is 3.21. The second-order valence-electron chi connectivity index (χ2n) is 4.55. The maximum Gasteiger partial charge on any atom is 0.135 e. The zero-order valence-corrected chi connectivity index (χ0v) is 11.8. The summed E-state index contributed by atoms with van der Waals surface area (Å²) < 4.78 is 13.9. The molecule has 0 aliphatic heterocycles. The lowest BCUT2D eigenvalue weighted by molar-refractivity contribution is 0.626. The number of fused-ring (bicyclic) bond motifs is 1. The second kappa shape index (κ2) is 5.46. The summed E-state index contributed by atoms with van der Waals surface area (Å²) in [6.45, 7) is 0. The van der Waals surface area contributed by atoms with Gasteiger partial charge < -0.3 is 11.1 Å². The van der Waals surface area contributed by atoms with Crippen LogP contribution in [-0.2, 0) is 0 Å². The van der Waals surface area contributed by atoms with Crippen molar-refractivity contribution < 1.29 is 4.39 Å². The van der Waals surface area contributed by atoms with E-state index in [-0.39, 0.29) is 10.6 Å². The minimum Gasteiger partial charge on any atom is -0.389 e. The average molecular weight is 297 g/mol. The molecule has 0 aliphatic carbocycles. The molecule has 0 aliphatic rings. The number of nitrogens with zero attached hydrogens (tertiary/aromatic N) is 1. The third kappa shape index (κ3) is 2.55. The van der Waals surface area contributed by atoms with Crippen molar-refractivity contribution in [2.24, 2.45) is 5.73 Å². The number of rotatable bonds is 3. The van der Waals surface area contributed by atoms with Gasteiger partial charge in [-0.05, 0) is 24.3 Å². The van der Waals surface area contributed by atoms with Gasteiger partial charge in [0.25, 0.3) is 0 Å². The first-order valence-electron chi connectivity index (χ1n) is 6.35. The van der Waals surface area contributed by atoms with Gasteiger partial charge in [0, 0.05) is 28.9 Å². The summed E-state index contributed by atoms with van der Waals surface area (Å²) in [5.41, 5.74) is 7.24. The molecule has 21 heavy (non-hydrogen) atoms. The Morgan fingerprint density at radius 1 is 1.10 bits per heavy atom.